The van der Waals surface area contributed by atoms with Crippen molar-refractivity contribution in [2.24, 2.45) is 5.92 Å². The van der Waals surface area contributed by atoms with Crippen LogP contribution in [0.4, 0.5) is 0 Å². The van der Waals surface area contributed by atoms with Gasteiger partial charge in [0.1, 0.15) is 19.3 Å². The van der Waals surface area contributed by atoms with Crippen molar-refractivity contribution < 1.29 is 38.0 Å². The molecule has 354 valence electrons. The second-order valence-electron chi connectivity index (χ2n) is 19.5. The summed E-state index contributed by atoms with van der Waals surface area (Å²) in [6.45, 7) is 6.93. The number of quaternary nitrogens is 1. The molecule has 0 radical (unpaired) electrons. The Balaban J connectivity index is 4.22. The zero-order chi connectivity index (χ0) is 43.9. The summed E-state index contributed by atoms with van der Waals surface area (Å²) in [4.78, 5) is 23.2. The molecule has 0 saturated heterocycles. The van der Waals surface area contributed by atoms with E-state index in [2.05, 4.69) is 26.1 Å². The molecule has 59 heavy (non-hydrogen) atoms. The highest BCUT2D eigenvalue weighted by molar-refractivity contribution is 7.47. The van der Waals surface area contributed by atoms with Gasteiger partial charge in [0.25, 0.3) is 0 Å². The van der Waals surface area contributed by atoms with Gasteiger partial charge in [0.15, 0.2) is 0 Å². The van der Waals surface area contributed by atoms with E-state index in [1.807, 2.05) is 21.1 Å². The lowest BCUT2D eigenvalue weighted by Gasteiger charge is -2.28. The molecule has 1 amide bonds. The first-order chi connectivity index (χ1) is 28.3. The van der Waals surface area contributed by atoms with Gasteiger partial charge in [0.2, 0.25) is 5.91 Å². The van der Waals surface area contributed by atoms with Crippen molar-refractivity contribution in [3.8, 4) is 0 Å². The number of carbonyl (C=O) groups excluding carboxylic acids is 1. The SMILES string of the molecule is CCCCCCCCCCCCCCCCCCCCCCCCCCC(=O)N[C@@H](COP(=O)(O)OCC[N+](C)(C)C)[C@H](O)[C@H](O)CCCCCCCCCCC(C)C. The minimum absolute atomic E-state index is 0.0248. The second-order valence-corrected chi connectivity index (χ2v) is 21.0. The number of unbranched alkanes of at least 4 members (excludes halogenated alkanes) is 30. The minimum atomic E-state index is -4.41. The summed E-state index contributed by atoms with van der Waals surface area (Å²) >= 11 is 0. The molecule has 10 heteroatoms. The van der Waals surface area contributed by atoms with Gasteiger partial charge < -0.3 is 24.9 Å². The number of hydrogen-bond acceptors (Lipinski definition) is 6. The van der Waals surface area contributed by atoms with Gasteiger partial charge in [0, 0.05) is 6.42 Å². The Hall–Kier alpha value is -0.540. The third-order valence-corrected chi connectivity index (χ3v) is 12.9. The van der Waals surface area contributed by atoms with E-state index in [4.69, 9.17) is 9.05 Å². The molecular formula is C49H102N2O7P+. The van der Waals surface area contributed by atoms with Crippen molar-refractivity contribution >= 4 is 13.7 Å². The maximum atomic E-state index is 12.9. The van der Waals surface area contributed by atoms with E-state index in [-0.39, 0.29) is 12.5 Å². The predicted molar refractivity (Wildman–Crippen MR) is 251 cm³/mol. The lowest BCUT2D eigenvalue weighted by molar-refractivity contribution is -0.870. The van der Waals surface area contributed by atoms with Crippen molar-refractivity contribution in [3.63, 3.8) is 0 Å². The van der Waals surface area contributed by atoms with Crippen LogP contribution in [0.15, 0.2) is 0 Å². The van der Waals surface area contributed by atoms with Gasteiger partial charge in [-0.3, -0.25) is 13.8 Å². The Morgan fingerprint density at radius 3 is 1.29 bits per heavy atom. The maximum Gasteiger partial charge on any atom is 0.472 e. The number of likely N-dealkylation sites (N-methyl/N-ethyl adjacent to an activating group) is 1. The number of carbonyl (C=O) groups is 1. The van der Waals surface area contributed by atoms with Crippen LogP contribution in [0.1, 0.15) is 245 Å². The van der Waals surface area contributed by atoms with Crippen molar-refractivity contribution in [2.75, 3.05) is 40.9 Å². The zero-order valence-corrected chi connectivity index (χ0v) is 40.9. The van der Waals surface area contributed by atoms with Crippen molar-refractivity contribution in [1.82, 2.24) is 5.32 Å². The number of aliphatic hydroxyl groups excluding tert-OH is 2. The molecule has 4 atom stereocenters. The molecule has 0 aliphatic heterocycles. The first-order valence-corrected chi connectivity index (χ1v) is 26.8. The Morgan fingerprint density at radius 1 is 0.559 bits per heavy atom. The fourth-order valence-electron chi connectivity index (χ4n) is 7.80. The van der Waals surface area contributed by atoms with Gasteiger partial charge in [-0.15, -0.1) is 0 Å². The lowest BCUT2D eigenvalue weighted by atomic mass is 9.99. The molecular weight excluding hydrogens is 760 g/mol. The average Bonchev–Trinajstić information content (AvgIpc) is 3.17. The molecule has 0 aromatic rings. The number of rotatable bonds is 46. The van der Waals surface area contributed by atoms with Crippen LogP contribution in [-0.2, 0) is 18.4 Å². The summed E-state index contributed by atoms with van der Waals surface area (Å²) < 4.78 is 23.5. The van der Waals surface area contributed by atoms with Gasteiger partial charge in [-0.2, -0.15) is 0 Å². The highest BCUT2D eigenvalue weighted by Gasteiger charge is 2.31. The summed E-state index contributed by atoms with van der Waals surface area (Å²) in [6, 6.07) is -1.03. The van der Waals surface area contributed by atoms with Crippen LogP contribution >= 0.6 is 7.82 Å². The van der Waals surface area contributed by atoms with E-state index >= 15 is 0 Å². The summed E-state index contributed by atoms with van der Waals surface area (Å²) in [5, 5.41) is 24.7. The molecule has 0 rings (SSSR count). The first-order valence-electron chi connectivity index (χ1n) is 25.3. The summed E-state index contributed by atoms with van der Waals surface area (Å²) in [7, 11) is 1.45. The van der Waals surface area contributed by atoms with Crippen molar-refractivity contribution in [3.05, 3.63) is 0 Å². The molecule has 0 bridgehead atoms. The molecule has 1 unspecified atom stereocenters. The van der Waals surface area contributed by atoms with Crippen LogP contribution < -0.4 is 5.32 Å². The van der Waals surface area contributed by atoms with Crippen molar-refractivity contribution in [2.45, 2.75) is 264 Å². The third-order valence-electron chi connectivity index (χ3n) is 11.9. The van der Waals surface area contributed by atoms with E-state index in [1.165, 1.54) is 173 Å². The maximum absolute atomic E-state index is 12.9. The average molecular weight is 862 g/mol. The number of nitrogens with zero attached hydrogens (tertiary/aromatic N) is 1. The molecule has 0 fully saturated rings. The molecule has 0 aromatic heterocycles. The number of amides is 1. The second kappa shape index (κ2) is 40.2. The largest absolute Gasteiger partial charge is 0.472 e. The van der Waals surface area contributed by atoms with E-state index in [1.54, 1.807) is 0 Å². The van der Waals surface area contributed by atoms with Crippen LogP contribution in [-0.4, -0.2) is 84.6 Å². The predicted octanol–water partition coefficient (Wildman–Crippen LogP) is 13.4. The molecule has 9 nitrogen and oxygen atoms in total. The molecule has 0 aromatic carbocycles. The molecule has 4 N–H and O–H groups in total. The smallest absolute Gasteiger partial charge is 0.390 e. The summed E-state index contributed by atoms with van der Waals surface area (Å²) in [5.74, 6) is 0.518. The van der Waals surface area contributed by atoms with Gasteiger partial charge in [-0.05, 0) is 18.8 Å². The standard InChI is InChI=1S/C49H101N2O7P/c1-7-8-9-10-11-12-13-14-15-16-17-18-19-20-21-22-23-24-25-26-27-32-35-38-41-48(53)50-46(44-58-59(55,56)57-43-42-51(4,5)6)49(54)47(52)40-37-34-31-29-28-30-33-36-39-45(2)3/h45-47,49,52,54H,7-44H2,1-6H3,(H-,50,53,55,56)/p+1/t46-,47+,49-/m0/s1. The lowest BCUT2D eigenvalue weighted by Crippen LogP contribution is -2.51. The minimum Gasteiger partial charge on any atom is -0.390 e. The number of hydrogen-bond donors (Lipinski definition) is 4. The highest BCUT2D eigenvalue weighted by atomic mass is 31.2. The first kappa shape index (κ1) is 58.5. The number of nitrogens with one attached hydrogen (secondary N) is 1. The Kier molecular flexibility index (Phi) is 39.9. The number of phosphoric ester groups is 1. The van der Waals surface area contributed by atoms with Crippen LogP contribution in [0.25, 0.3) is 0 Å². The van der Waals surface area contributed by atoms with Gasteiger partial charge >= 0.3 is 7.82 Å². The monoisotopic (exact) mass is 862 g/mol. The van der Waals surface area contributed by atoms with Gasteiger partial charge in [-0.25, -0.2) is 4.57 Å². The van der Waals surface area contributed by atoms with E-state index < -0.39 is 32.7 Å². The Morgan fingerprint density at radius 2 is 0.915 bits per heavy atom. The zero-order valence-electron chi connectivity index (χ0n) is 40.0. The van der Waals surface area contributed by atoms with E-state index in [0.717, 1.165) is 44.4 Å². The summed E-state index contributed by atoms with van der Waals surface area (Å²) in [6.07, 6.45) is 40.4. The molecule has 0 aliphatic carbocycles. The van der Waals surface area contributed by atoms with Crippen LogP contribution in [0.2, 0.25) is 0 Å². The number of aliphatic hydroxyl groups is 2. The molecule has 0 heterocycles. The Labute approximate surface area is 366 Å². The van der Waals surface area contributed by atoms with Crippen LogP contribution in [0.3, 0.4) is 0 Å². The van der Waals surface area contributed by atoms with Gasteiger partial charge in [-0.1, -0.05) is 226 Å². The quantitative estimate of drug-likeness (QED) is 0.0273. The van der Waals surface area contributed by atoms with Crippen LogP contribution in [0.5, 0.6) is 0 Å². The highest BCUT2D eigenvalue weighted by Crippen LogP contribution is 2.43. The Bertz CT molecular complexity index is 963. The third kappa shape index (κ3) is 42.5. The summed E-state index contributed by atoms with van der Waals surface area (Å²) in [5.41, 5.74) is 0. The normalized spacial score (nSPS) is 14.7. The molecule has 0 aliphatic rings. The molecule has 0 spiro atoms. The van der Waals surface area contributed by atoms with Crippen LogP contribution in [0, 0.1) is 5.92 Å². The van der Waals surface area contributed by atoms with E-state index in [0.29, 0.717) is 23.9 Å². The van der Waals surface area contributed by atoms with Gasteiger partial charge in [0.05, 0.1) is 39.9 Å². The number of phosphoric acid groups is 1. The fraction of sp³-hybridized carbons (Fsp3) is 0.980. The molecule has 0 saturated carbocycles. The van der Waals surface area contributed by atoms with Crippen molar-refractivity contribution in [1.29, 1.82) is 0 Å². The topological polar surface area (TPSA) is 125 Å². The fourth-order valence-corrected chi connectivity index (χ4v) is 8.54. The van der Waals surface area contributed by atoms with E-state index in [9.17, 15) is 24.5 Å².